The van der Waals surface area contributed by atoms with Gasteiger partial charge in [0.05, 0.1) is 18.1 Å². The van der Waals surface area contributed by atoms with Crippen LogP contribution in [0.1, 0.15) is 31.7 Å². The van der Waals surface area contributed by atoms with Crippen LogP contribution in [0.4, 0.5) is 5.69 Å². The second-order valence-corrected chi connectivity index (χ2v) is 7.80. The van der Waals surface area contributed by atoms with Gasteiger partial charge in [0.1, 0.15) is 0 Å². The van der Waals surface area contributed by atoms with Crippen LogP contribution in [-0.4, -0.2) is 37.1 Å². The van der Waals surface area contributed by atoms with E-state index < -0.39 is 0 Å². The molecule has 1 N–H and O–H groups in total. The molecule has 1 saturated heterocycles. The highest BCUT2D eigenvalue weighted by molar-refractivity contribution is 5.93. The van der Waals surface area contributed by atoms with Gasteiger partial charge in [-0.2, -0.15) is 0 Å². The summed E-state index contributed by atoms with van der Waals surface area (Å²) >= 11 is 0. The Hall–Kier alpha value is -2.07. The number of hydrogen-bond acceptors (Lipinski definition) is 4. The highest BCUT2D eigenvalue weighted by Crippen LogP contribution is 2.64. The van der Waals surface area contributed by atoms with Crippen molar-refractivity contribution in [2.75, 3.05) is 25.5 Å². The lowest BCUT2D eigenvalue weighted by molar-refractivity contribution is -0.137. The van der Waals surface area contributed by atoms with Crippen LogP contribution in [0.5, 0.6) is 0 Å². The van der Waals surface area contributed by atoms with Gasteiger partial charge in [-0.25, -0.2) is 4.79 Å². The molecule has 1 aromatic carbocycles. The average molecular weight is 336 g/mol. The Morgan fingerprint density at radius 2 is 2.24 bits per heavy atom. The average Bonchev–Trinajstić information content (AvgIpc) is 3.21. The molecule has 25 heavy (non-hydrogen) atoms. The molecule has 3 atom stereocenters. The summed E-state index contributed by atoms with van der Waals surface area (Å²) in [6, 6.07) is 8.99. The fourth-order valence-corrected chi connectivity index (χ4v) is 6.02. The lowest BCUT2D eigenvalue weighted by atomic mass is 9.55. The minimum atomic E-state index is -0.182. The highest BCUT2D eigenvalue weighted by Gasteiger charge is 2.65. The van der Waals surface area contributed by atoms with Crippen molar-refractivity contribution in [3.05, 3.63) is 53.3 Å². The van der Waals surface area contributed by atoms with E-state index in [1.807, 2.05) is 0 Å². The lowest BCUT2D eigenvalue weighted by Crippen LogP contribution is -2.58. The second-order valence-electron chi connectivity index (χ2n) is 7.80. The number of para-hydroxylation sites is 1. The number of carbonyl (C=O) groups is 1. The van der Waals surface area contributed by atoms with E-state index in [0.717, 1.165) is 49.3 Å². The number of nitrogens with one attached hydrogen (secondary N) is 1. The molecule has 0 radical (unpaired) electrons. The number of methoxy groups -OCH3 is 1. The summed E-state index contributed by atoms with van der Waals surface area (Å²) in [7, 11) is 1.49. The van der Waals surface area contributed by atoms with Crippen LogP contribution >= 0.6 is 0 Å². The molecule has 3 aliphatic heterocycles. The van der Waals surface area contributed by atoms with E-state index in [2.05, 4.69) is 53.6 Å². The van der Waals surface area contributed by atoms with Crippen molar-refractivity contribution >= 4 is 11.7 Å². The van der Waals surface area contributed by atoms with Crippen LogP contribution in [0.15, 0.2) is 47.7 Å². The molecule has 1 fully saturated rings. The number of anilines is 1. The predicted octanol–water partition coefficient (Wildman–Crippen LogP) is 3.22. The summed E-state index contributed by atoms with van der Waals surface area (Å²) < 4.78 is 5.19. The summed E-state index contributed by atoms with van der Waals surface area (Å²) in [6.45, 7) is 4.34. The summed E-state index contributed by atoms with van der Waals surface area (Å²) in [6.07, 6.45) is 7.53. The van der Waals surface area contributed by atoms with Crippen molar-refractivity contribution in [3.63, 3.8) is 0 Å². The molecule has 5 rings (SSSR count). The monoisotopic (exact) mass is 336 g/mol. The Labute approximate surface area is 148 Å². The molecule has 130 valence electrons. The molecule has 0 bridgehead atoms. The van der Waals surface area contributed by atoms with Crippen molar-refractivity contribution in [1.82, 2.24) is 4.90 Å². The first-order chi connectivity index (χ1) is 12.2. The van der Waals surface area contributed by atoms with Crippen molar-refractivity contribution in [1.29, 1.82) is 0 Å². The molecule has 3 heterocycles. The van der Waals surface area contributed by atoms with Gasteiger partial charge in [0, 0.05) is 35.9 Å². The molecule has 4 heteroatoms. The largest absolute Gasteiger partial charge is 0.466 e. The SMILES string of the molecule is CCC12C=CCN3CCC4(C(=C(C(=O)OC)C1)Nc1ccccc14)[C@H]32. The van der Waals surface area contributed by atoms with E-state index in [0.29, 0.717) is 6.04 Å². The van der Waals surface area contributed by atoms with E-state index >= 15 is 0 Å². The quantitative estimate of drug-likeness (QED) is 0.665. The van der Waals surface area contributed by atoms with Crippen LogP contribution in [0.3, 0.4) is 0 Å². The first kappa shape index (κ1) is 15.2. The number of nitrogens with zero attached hydrogens (tertiary/aromatic N) is 1. The Kier molecular flexibility index (Phi) is 3.03. The van der Waals surface area contributed by atoms with E-state index in [9.17, 15) is 4.79 Å². The molecule has 0 saturated carbocycles. The second kappa shape index (κ2) is 4.98. The van der Waals surface area contributed by atoms with Gasteiger partial charge in [-0.15, -0.1) is 0 Å². The zero-order valence-corrected chi connectivity index (χ0v) is 14.8. The van der Waals surface area contributed by atoms with Gasteiger partial charge in [-0.05, 0) is 30.9 Å². The number of esters is 1. The maximum Gasteiger partial charge on any atom is 0.335 e. The number of benzene rings is 1. The smallest absolute Gasteiger partial charge is 0.335 e. The first-order valence-corrected chi connectivity index (χ1v) is 9.26. The summed E-state index contributed by atoms with van der Waals surface area (Å²) in [4.78, 5) is 15.3. The third-order valence-corrected chi connectivity index (χ3v) is 6.97. The summed E-state index contributed by atoms with van der Waals surface area (Å²) in [5, 5.41) is 3.62. The van der Waals surface area contributed by atoms with Gasteiger partial charge in [-0.1, -0.05) is 37.3 Å². The van der Waals surface area contributed by atoms with Gasteiger partial charge < -0.3 is 10.1 Å². The number of rotatable bonds is 2. The van der Waals surface area contributed by atoms with Crippen molar-refractivity contribution < 1.29 is 9.53 Å². The molecule has 1 spiro atoms. The van der Waals surface area contributed by atoms with Crippen molar-refractivity contribution in [3.8, 4) is 0 Å². The van der Waals surface area contributed by atoms with Crippen LogP contribution in [0.25, 0.3) is 0 Å². The molecule has 1 aromatic rings. The Bertz CT molecular complexity index is 827. The summed E-state index contributed by atoms with van der Waals surface area (Å²) in [5.74, 6) is -0.182. The zero-order chi connectivity index (χ0) is 17.2. The maximum absolute atomic E-state index is 12.7. The Balaban J connectivity index is 1.83. The van der Waals surface area contributed by atoms with Gasteiger partial charge in [-0.3, -0.25) is 4.90 Å². The molecular weight excluding hydrogens is 312 g/mol. The number of carbonyl (C=O) groups excluding carboxylic acids is 1. The molecule has 4 nitrogen and oxygen atoms in total. The fraction of sp³-hybridized carbons (Fsp3) is 0.476. The zero-order valence-electron chi connectivity index (χ0n) is 14.8. The standard InChI is InChI=1S/C21H24N2O2/c1-3-20-9-6-11-23-12-10-21(19(20)23)15-7-4-5-8-16(15)22-17(21)14(13-20)18(24)25-2/h4-9,19,22H,3,10-13H2,1-2H3/t19-,20?,21?/m1/s1. The van der Waals surface area contributed by atoms with E-state index in [1.165, 1.54) is 12.7 Å². The van der Waals surface area contributed by atoms with Crippen LogP contribution in [0, 0.1) is 5.41 Å². The third-order valence-electron chi connectivity index (χ3n) is 6.97. The van der Waals surface area contributed by atoms with Crippen LogP contribution in [0.2, 0.25) is 0 Å². The molecular formula is C21H24N2O2. The first-order valence-electron chi connectivity index (χ1n) is 9.26. The van der Waals surface area contributed by atoms with Crippen molar-refractivity contribution in [2.24, 2.45) is 5.41 Å². The molecule has 2 unspecified atom stereocenters. The van der Waals surface area contributed by atoms with Gasteiger partial charge >= 0.3 is 5.97 Å². The molecule has 0 aromatic heterocycles. The Morgan fingerprint density at radius 1 is 1.40 bits per heavy atom. The van der Waals surface area contributed by atoms with Gasteiger partial charge in [0.15, 0.2) is 0 Å². The number of fused-ring (bicyclic) bond motifs is 1. The van der Waals surface area contributed by atoms with Gasteiger partial charge in [0.2, 0.25) is 0 Å². The fourth-order valence-electron chi connectivity index (χ4n) is 6.02. The molecule has 0 amide bonds. The minimum absolute atomic E-state index is 0.000898. The van der Waals surface area contributed by atoms with Gasteiger partial charge in [0.25, 0.3) is 0 Å². The summed E-state index contributed by atoms with van der Waals surface area (Å²) in [5.41, 5.74) is 4.34. The topological polar surface area (TPSA) is 41.6 Å². The van der Waals surface area contributed by atoms with E-state index in [-0.39, 0.29) is 16.8 Å². The normalized spacial score (nSPS) is 35.0. The van der Waals surface area contributed by atoms with Crippen LogP contribution in [-0.2, 0) is 14.9 Å². The molecule has 4 aliphatic rings. The lowest BCUT2D eigenvalue weighted by Gasteiger charge is -2.53. The maximum atomic E-state index is 12.7. The highest BCUT2D eigenvalue weighted by atomic mass is 16.5. The van der Waals surface area contributed by atoms with E-state index in [1.54, 1.807) is 0 Å². The van der Waals surface area contributed by atoms with E-state index in [4.69, 9.17) is 4.74 Å². The predicted molar refractivity (Wildman–Crippen MR) is 97.2 cm³/mol. The van der Waals surface area contributed by atoms with Crippen molar-refractivity contribution in [2.45, 2.75) is 37.6 Å². The minimum Gasteiger partial charge on any atom is -0.466 e. The number of ether oxygens (including phenoxy) is 1. The number of hydrogen-bond donors (Lipinski definition) is 1. The van der Waals surface area contributed by atoms with Crippen LogP contribution < -0.4 is 5.32 Å². The third kappa shape index (κ3) is 1.68. The molecule has 1 aliphatic carbocycles. The Morgan fingerprint density at radius 3 is 3.04 bits per heavy atom.